The van der Waals surface area contributed by atoms with Crippen LogP contribution in [0.15, 0.2) is 72.6 Å². The smallest absolute Gasteiger partial charge is 0.116 e. The minimum atomic E-state index is 0.275. The molecule has 3 aromatic rings. The highest BCUT2D eigenvalue weighted by Crippen LogP contribution is 2.32. The van der Waals surface area contributed by atoms with E-state index >= 15 is 0 Å². The van der Waals surface area contributed by atoms with Crippen LogP contribution in [0, 0.1) is 0 Å². The molecule has 0 atom stereocenters. The normalized spacial score (nSPS) is 14.1. The van der Waals surface area contributed by atoms with Crippen molar-refractivity contribution in [2.24, 2.45) is 0 Å². The van der Waals surface area contributed by atoms with E-state index in [0.29, 0.717) is 6.54 Å². The Labute approximate surface area is 146 Å². The maximum absolute atomic E-state index is 10.2. The van der Waals surface area contributed by atoms with Gasteiger partial charge in [-0.2, -0.15) is 0 Å². The predicted octanol–water partition coefficient (Wildman–Crippen LogP) is 4.62. The number of phenols is 1. The molecule has 0 fully saturated rings. The summed E-state index contributed by atoms with van der Waals surface area (Å²) >= 11 is 0. The second-order valence-electron chi connectivity index (χ2n) is 6.36. The maximum atomic E-state index is 10.2. The average molecular weight is 332 g/mol. The maximum Gasteiger partial charge on any atom is 0.116 e. The Morgan fingerprint density at radius 2 is 2.00 bits per heavy atom. The van der Waals surface area contributed by atoms with Gasteiger partial charge in [-0.3, -0.25) is 10.3 Å². The number of rotatable bonds is 4. The Morgan fingerprint density at radius 1 is 1.08 bits per heavy atom. The Bertz CT molecular complexity index is 969. The molecule has 0 amide bonds. The molecule has 1 aliphatic rings. The van der Waals surface area contributed by atoms with Crippen molar-refractivity contribution in [3.8, 4) is 16.9 Å². The van der Waals surface area contributed by atoms with Crippen LogP contribution in [-0.4, -0.2) is 26.9 Å². The minimum absolute atomic E-state index is 0.275. The van der Waals surface area contributed by atoms with Gasteiger partial charge in [0.05, 0.1) is 6.54 Å². The van der Waals surface area contributed by atoms with Gasteiger partial charge in [0, 0.05) is 23.3 Å². The van der Waals surface area contributed by atoms with E-state index in [0.717, 1.165) is 46.0 Å². The second-order valence-corrected chi connectivity index (χ2v) is 6.36. The van der Waals surface area contributed by atoms with Crippen molar-refractivity contribution >= 4 is 10.9 Å². The molecule has 0 spiro atoms. The van der Waals surface area contributed by atoms with Gasteiger partial charge < -0.3 is 10.1 Å². The molecule has 25 heavy (non-hydrogen) atoms. The molecule has 1 aliphatic heterocycles. The van der Waals surface area contributed by atoms with Crippen LogP contribution >= 0.6 is 0 Å². The number of aromatic hydroxyl groups is 1. The third-order valence-electron chi connectivity index (χ3n) is 4.53. The molecule has 126 valence electrons. The quantitative estimate of drug-likeness (QED) is 0.653. The van der Waals surface area contributed by atoms with Crippen LogP contribution in [0.3, 0.4) is 0 Å². The first-order valence-corrected chi connectivity index (χ1v) is 8.41. The van der Waals surface area contributed by atoms with Crippen LogP contribution in [-0.2, 0) is 6.42 Å². The van der Waals surface area contributed by atoms with E-state index < -0.39 is 0 Å². The van der Waals surface area contributed by atoms with Crippen LogP contribution in [0.5, 0.6) is 5.75 Å². The summed E-state index contributed by atoms with van der Waals surface area (Å²) in [6.45, 7) is 0.528. The summed E-state index contributed by atoms with van der Waals surface area (Å²) in [5.41, 5.74) is 5.35. The van der Waals surface area contributed by atoms with Gasteiger partial charge in [-0.05, 0) is 59.4 Å². The van der Waals surface area contributed by atoms with Crippen LogP contribution < -0.4 is 0 Å². The first kappa shape index (κ1) is 15.5. The van der Waals surface area contributed by atoms with Crippen molar-refractivity contribution in [2.45, 2.75) is 12.8 Å². The molecular formula is C21H20N2O2. The number of aromatic nitrogens is 1. The number of aromatic amines is 1. The number of benzene rings is 2. The molecule has 2 aromatic carbocycles. The third-order valence-corrected chi connectivity index (χ3v) is 4.53. The summed E-state index contributed by atoms with van der Waals surface area (Å²) in [6, 6.07) is 13.9. The number of aryl methyl sites for hydroxylation is 1. The van der Waals surface area contributed by atoms with E-state index in [1.54, 1.807) is 12.3 Å². The zero-order valence-corrected chi connectivity index (χ0v) is 13.8. The Morgan fingerprint density at radius 3 is 2.88 bits per heavy atom. The number of nitrogens with one attached hydrogen (secondary N) is 1. The minimum Gasteiger partial charge on any atom is -0.508 e. The number of hydrogen-bond donors (Lipinski definition) is 3. The fourth-order valence-electron chi connectivity index (χ4n) is 3.35. The van der Waals surface area contributed by atoms with Crippen molar-refractivity contribution in [2.75, 3.05) is 6.54 Å². The first-order chi connectivity index (χ1) is 12.2. The lowest BCUT2D eigenvalue weighted by Crippen LogP contribution is -2.15. The average Bonchev–Trinajstić information content (AvgIpc) is 3.08. The standard InChI is InChI=1S/C21H20N2O2/c24-18-12-16(7-6-15-3-2-10-23(25)14-15)11-17(13-18)19-4-1-5-21-20(19)8-9-22-21/h1-5,8-9,11-14,22,24-25H,6-7,10H2. The predicted molar refractivity (Wildman–Crippen MR) is 99.4 cm³/mol. The van der Waals surface area contributed by atoms with E-state index in [2.05, 4.69) is 23.2 Å². The fraction of sp³-hybridized carbons (Fsp3) is 0.143. The SMILES string of the molecule is Oc1cc(CCC2=CN(O)CC=C2)cc(-c2cccc3[nH]ccc23)c1. The first-order valence-electron chi connectivity index (χ1n) is 8.41. The highest BCUT2D eigenvalue weighted by atomic mass is 16.5. The summed E-state index contributed by atoms with van der Waals surface area (Å²) in [7, 11) is 0. The molecule has 2 heterocycles. The van der Waals surface area contributed by atoms with Gasteiger partial charge in [-0.1, -0.05) is 30.4 Å². The molecule has 0 unspecified atom stereocenters. The summed E-state index contributed by atoms with van der Waals surface area (Å²) in [5.74, 6) is 0.275. The Balaban J connectivity index is 1.63. The van der Waals surface area contributed by atoms with Gasteiger partial charge in [0.25, 0.3) is 0 Å². The number of phenolic OH excluding ortho intramolecular Hbond substituents is 1. The van der Waals surface area contributed by atoms with E-state index in [1.165, 1.54) is 5.06 Å². The summed E-state index contributed by atoms with van der Waals surface area (Å²) in [4.78, 5) is 3.23. The molecule has 0 saturated carbocycles. The van der Waals surface area contributed by atoms with Crippen molar-refractivity contribution in [3.05, 3.63) is 78.1 Å². The van der Waals surface area contributed by atoms with Gasteiger partial charge in [0.1, 0.15) is 5.75 Å². The Hall–Kier alpha value is -2.98. The number of hydroxylamine groups is 2. The second kappa shape index (κ2) is 6.49. The number of nitrogens with zero attached hydrogens (tertiary/aromatic N) is 1. The number of hydrogen-bond acceptors (Lipinski definition) is 3. The largest absolute Gasteiger partial charge is 0.508 e. The molecule has 0 aliphatic carbocycles. The highest BCUT2D eigenvalue weighted by Gasteiger charge is 2.09. The third kappa shape index (κ3) is 3.30. The lowest BCUT2D eigenvalue weighted by molar-refractivity contribution is -0.0313. The fourth-order valence-corrected chi connectivity index (χ4v) is 3.35. The van der Waals surface area contributed by atoms with Crippen LogP contribution in [0.1, 0.15) is 12.0 Å². The lowest BCUT2D eigenvalue weighted by atomic mass is 9.96. The van der Waals surface area contributed by atoms with Gasteiger partial charge in [-0.15, -0.1) is 0 Å². The summed E-state index contributed by atoms with van der Waals surface area (Å²) in [6.07, 6.45) is 9.27. The molecule has 1 aromatic heterocycles. The monoisotopic (exact) mass is 332 g/mol. The topological polar surface area (TPSA) is 59.5 Å². The van der Waals surface area contributed by atoms with Crippen LogP contribution in [0.2, 0.25) is 0 Å². The number of H-pyrrole nitrogens is 1. The van der Waals surface area contributed by atoms with E-state index in [4.69, 9.17) is 0 Å². The Kier molecular flexibility index (Phi) is 4.04. The molecule has 4 heteroatoms. The highest BCUT2D eigenvalue weighted by molar-refractivity contribution is 5.95. The van der Waals surface area contributed by atoms with Crippen molar-refractivity contribution in [1.82, 2.24) is 10.0 Å². The molecular weight excluding hydrogens is 312 g/mol. The van der Waals surface area contributed by atoms with Crippen molar-refractivity contribution in [1.29, 1.82) is 0 Å². The number of fused-ring (bicyclic) bond motifs is 1. The molecule has 0 bridgehead atoms. The summed E-state index contributed by atoms with van der Waals surface area (Å²) < 4.78 is 0. The molecule has 0 saturated heterocycles. The zero-order valence-electron chi connectivity index (χ0n) is 13.8. The lowest BCUT2D eigenvalue weighted by Gasteiger charge is -2.16. The van der Waals surface area contributed by atoms with E-state index in [1.807, 2.05) is 36.5 Å². The summed E-state index contributed by atoms with van der Waals surface area (Å²) in [5, 5.41) is 22.1. The molecule has 0 radical (unpaired) electrons. The van der Waals surface area contributed by atoms with E-state index in [9.17, 15) is 10.3 Å². The van der Waals surface area contributed by atoms with Crippen molar-refractivity contribution in [3.63, 3.8) is 0 Å². The van der Waals surface area contributed by atoms with Gasteiger partial charge in [-0.25, -0.2) is 0 Å². The van der Waals surface area contributed by atoms with Crippen LogP contribution in [0.25, 0.3) is 22.0 Å². The number of allylic oxidation sites excluding steroid dienone is 2. The van der Waals surface area contributed by atoms with Crippen molar-refractivity contribution < 1.29 is 10.3 Å². The van der Waals surface area contributed by atoms with Gasteiger partial charge in [0.15, 0.2) is 0 Å². The molecule has 4 nitrogen and oxygen atoms in total. The van der Waals surface area contributed by atoms with E-state index in [-0.39, 0.29) is 5.75 Å². The molecule has 3 N–H and O–H groups in total. The van der Waals surface area contributed by atoms with Crippen LogP contribution in [0.4, 0.5) is 0 Å². The zero-order chi connectivity index (χ0) is 17.2. The molecule has 4 rings (SSSR count). The van der Waals surface area contributed by atoms with Gasteiger partial charge >= 0.3 is 0 Å². The van der Waals surface area contributed by atoms with Gasteiger partial charge in [0.2, 0.25) is 0 Å².